The van der Waals surface area contributed by atoms with Crippen molar-refractivity contribution < 1.29 is 18.0 Å². The maximum atomic E-state index is 12.6. The highest BCUT2D eigenvalue weighted by Gasteiger charge is 2.44. The number of nitrogens with zero attached hydrogens (tertiary/aromatic N) is 2. The molecular weight excluding hydrogens is 329 g/mol. The summed E-state index contributed by atoms with van der Waals surface area (Å²) in [7, 11) is 0. The number of hydrogen-bond acceptors (Lipinski definition) is 5. The van der Waals surface area contributed by atoms with Crippen molar-refractivity contribution in [2.75, 3.05) is 0 Å². The van der Waals surface area contributed by atoms with Crippen LogP contribution in [0.5, 0.6) is 0 Å². The normalized spacial score (nSPS) is 17.2. The number of carbonyl (C=O) groups excluding carboxylic acids is 1. The van der Waals surface area contributed by atoms with Crippen LogP contribution >= 0.6 is 11.8 Å². The summed E-state index contributed by atoms with van der Waals surface area (Å²) in [5.74, 6) is -0.164. The highest BCUT2D eigenvalue weighted by molar-refractivity contribution is 7.99. The van der Waals surface area contributed by atoms with Gasteiger partial charge in [0.25, 0.3) is 0 Å². The first kappa shape index (κ1) is 17.6. The van der Waals surface area contributed by atoms with Crippen molar-refractivity contribution in [2.45, 2.75) is 42.1 Å². The van der Waals surface area contributed by atoms with E-state index in [4.69, 9.17) is 11.0 Å². The van der Waals surface area contributed by atoms with E-state index in [0.29, 0.717) is 12.8 Å². The van der Waals surface area contributed by atoms with Crippen LogP contribution in [0.4, 0.5) is 13.2 Å². The van der Waals surface area contributed by atoms with Gasteiger partial charge in [-0.2, -0.15) is 18.4 Å². The lowest BCUT2D eigenvalue weighted by atomic mass is 10.3. The summed E-state index contributed by atoms with van der Waals surface area (Å²) >= 11 is 1.14. The second kappa shape index (κ2) is 6.76. The van der Waals surface area contributed by atoms with Crippen molar-refractivity contribution in [2.24, 2.45) is 5.73 Å². The molecule has 0 unspecified atom stereocenters. The molecule has 3 N–H and O–H groups in total. The number of amides is 1. The summed E-state index contributed by atoms with van der Waals surface area (Å²) in [6.45, 7) is 0. The van der Waals surface area contributed by atoms with E-state index in [1.807, 2.05) is 6.07 Å². The number of halogens is 3. The van der Waals surface area contributed by atoms with Crippen molar-refractivity contribution >= 4 is 17.7 Å². The molecule has 23 heavy (non-hydrogen) atoms. The number of carbonyl (C=O) groups is 1. The van der Waals surface area contributed by atoms with Crippen molar-refractivity contribution in [3.8, 4) is 6.07 Å². The standard InChI is InChI=1S/C14H15F3N4OS/c15-14(16,17)10-3-1-2-9(20-10)7-23-11(19)6-12(22)21-13(8-18)4-5-13/h1-3,11H,4-7,19H2,(H,21,22)/t11-/m1/s1. The fourth-order valence-corrected chi connectivity index (χ4v) is 2.67. The molecule has 1 aliphatic rings. The summed E-state index contributed by atoms with van der Waals surface area (Å²) in [6, 6.07) is 5.70. The zero-order valence-corrected chi connectivity index (χ0v) is 12.9. The first-order valence-electron chi connectivity index (χ1n) is 6.87. The molecule has 2 rings (SSSR count). The third kappa shape index (κ3) is 5.11. The van der Waals surface area contributed by atoms with E-state index < -0.39 is 22.8 Å². The summed E-state index contributed by atoms with van der Waals surface area (Å²) < 4.78 is 37.7. The van der Waals surface area contributed by atoms with Crippen LogP contribution in [-0.4, -0.2) is 21.8 Å². The zero-order chi connectivity index (χ0) is 17.1. The van der Waals surface area contributed by atoms with Crippen molar-refractivity contribution in [3.05, 3.63) is 29.6 Å². The Balaban J connectivity index is 1.81. The number of nitriles is 1. The Morgan fingerprint density at radius 3 is 2.78 bits per heavy atom. The number of alkyl halides is 3. The van der Waals surface area contributed by atoms with Gasteiger partial charge in [0.15, 0.2) is 0 Å². The highest BCUT2D eigenvalue weighted by Crippen LogP contribution is 2.34. The molecule has 9 heteroatoms. The van der Waals surface area contributed by atoms with Gasteiger partial charge in [0.2, 0.25) is 5.91 Å². The minimum Gasteiger partial charge on any atom is -0.338 e. The molecule has 1 aromatic rings. The van der Waals surface area contributed by atoms with Crippen LogP contribution in [0.25, 0.3) is 0 Å². The summed E-state index contributed by atoms with van der Waals surface area (Å²) in [4.78, 5) is 15.3. The average molecular weight is 344 g/mol. The molecule has 1 amide bonds. The molecule has 1 fully saturated rings. The topological polar surface area (TPSA) is 91.8 Å². The molecule has 0 bridgehead atoms. The molecule has 0 spiro atoms. The van der Waals surface area contributed by atoms with Crippen LogP contribution in [0.3, 0.4) is 0 Å². The number of thioether (sulfide) groups is 1. The van der Waals surface area contributed by atoms with Gasteiger partial charge >= 0.3 is 6.18 Å². The van der Waals surface area contributed by atoms with Crippen LogP contribution in [0.15, 0.2) is 18.2 Å². The van der Waals surface area contributed by atoms with Crippen molar-refractivity contribution in [3.63, 3.8) is 0 Å². The maximum Gasteiger partial charge on any atom is 0.433 e. The largest absolute Gasteiger partial charge is 0.433 e. The first-order valence-corrected chi connectivity index (χ1v) is 7.91. The minimum atomic E-state index is -4.49. The number of rotatable bonds is 6. The van der Waals surface area contributed by atoms with Crippen LogP contribution in [0, 0.1) is 11.3 Å². The zero-order valence-electron chi connectivity index (χ0n) is 12.1. The molecule has 1 aromatic heterocycles. The molecule has 1 atom stereocenters. The van der Waals surface area contributed by atoms with Gasteiger partial charge in [-0.3, -0.25) is 4.79 Å². The molecular formula is C14H15F3N4OS. The number of hydrogen-bond donors (Lipinski definition) is 2. The van der Waals surface area contributed by atoms with Gasteiger partial charge in [0, 0.05) is 5.75 Å². The van der Waals surface area contributed by atoms with Gasteiger partial charge in [0.1, 0.15) is 11.2 Å². The van der Waals surface area contributed by atoms with Crippen molar-refractivity contribution in [1.29, 1.82) is 5.26 Å². The highest BCUT2D eigenvalue weighted by atomic mass is 32.2. The molecule has 0 saturated heterocycles. The predicted octanol–water partition coefficient (Wildman–Crippen LogP) is 2.18. The fraction of sp³-hybridized carbons (Fsp3) is 0.500. The lowest BCUT2D eigenvalue weighted by Crippen LogP contribution is -2.38. The molecule has 0 aliphatic heterocycles. The minimum absolute atomic E-state index is 0.00689. The number of nitrogens with two attached hydrogens (primary N) is 1. The van der Waals surface area contributed by atoms with E-state index in [-0.39, 0.29) is 23.8 Å². The Hall–Kier alpha value is -1.79. The SMILES string of the molecule is N#CC1(NC(=O)C[C@H](N)SCc2cccc(C(F)(F)F)n2)CC1. The second-order valence-corrected chi connectivity index (χ2v) is 6.54. The van der Waals surface area contributed by atoms with Gasteiger partial charge in [-0.25, -0.2) is 4.98 Å². The van der Waals surface area contributed by atoms with E-state index in [1.165, 1.54) is 12.1 Å². The third-order valence-electron chi connectivity index (χ3n) is 3.27. The van der Waals surface area contributed by atoms with Crippen LogP contribution < -0.4 is 11.1 Å². The molecule has 124 valence electrons. The van der Waals surface area contributed by atoms with Gasteiger partial charge in [-0.05, 0) is 25.0 Å². The monoisotopic (exact) mass is 344 g/mol. The van der Waals surface area contributed by atoms with Crippen LogP contribution in [0.2, 0.25) is 0 Å². The fourth-order valence-electron chi connectivity index (χ4n) is 1.86. The molecule has 1 aliphatic carbocycles. The smallest absolute Gasteiger partial charge is 0.338 e. The van der Waals surface area contributed by atoms with E-state index in [9.17, 15) is 18.0 Å². The van der Waals surface area contributed by atoms with E-state index >= 15 is 0 Å². The van der Waals surface area contributed by atoms with E-state index in [2.05, 4.69) is 10.3 Å². The Morgan fingerprint density at radius 2 is 2.22 bits per heavy atom. The average Bonchev–Trinajstić information content (AvgIpc) is 3.24. The lowest BCUT2D eigenvalue weighted by Gasteiger charge is -2.14. The van der Waals surface area contributed by atoms with Crippen LogP contribution in [0.1, 0.15) is 30.7 Å². The van der Waals surface area contributed by atoms with E-state index in [0.717, 1.165) is 17.8 Å². The number of pyridine rings is 1. The van der Waals surface area contributed by atoms with Crippen molar-refractivity contribution in [1.82, 2.24) is 10.3 Å². The van der Waals surface area contributed by atoms with Gasteiger partial charge < -0.3 is 11.1 Å². The third-order valence-corrected chi connectivity index (χ3v) is 4.33. The second-order valence-electron chi connectivity index (χ2n) is 5.31. The van der Waals surface area contributed by atoms with Gasteiger partial charge in [-0.15, -0.1) is 11.8 Å². The van der Waals surface area contributed by atoms with E-state index in [1.54, 1.807) is 0 Å². The molecule has 1 saturated carbocycles. The maximum absolute atomic E-state index is 12.6. The predicted molar refractivity (Wildman–Crippen MR) is 78.8 cm³/mol. The molecule has 0 radical (unpaired) electrons. The quantitative estimate of drug-likeness (QED) is 0.772. The first-order chi connectivity index (χ1) is 10.7. The van der Waals surface area contributed by atoms with Gasteiger partial charge in [-0.1, -0.05) is 6.07 Å². The Bertz CT molecular complexity index is 625. The number of nitrogens with one attached hydrogen (secondary N) is 1. The molecule has 5 nitrogen and oxygen atoms in total. The Kier molecular flexibility index (Phi) is 5.16. The molecule has 1 heterocycles. The summed E-state index contributed by atoms with van der Waals surface area (Å²) in [5, 5.41) is 10.9. The van der Waals surface area contributed by atoms with Crippen LogP contribution in [-0.2, 0) is 16.7 Å². The Morgan fingerprint density at radius 1 is 1.52 bits per heavy atom. The van der Waals surface area contributed by atoms with Gasteiger partial charge in [0.05, 0.1) is 23.6 Å². The molecule has 0 aromatic carbocycles. The summed E-state index contributed by atoms with van der Waals surface area (Å²) in [5.41, 5.74) is 4.34. The Labute approximate surface area is 135 Å². The lowest BCUT2D eigenvalue weighted by molar-refractivity contribution is -0.141. The summed E-state index contributed by atoms with van der Waals surface area (Å²) in [6.07, 6.45) is -3.23. The number of aromatic nitrogens is 1.